The third-order valence-electron chi connectivity index (χ3n) is 5.22. The third kappa shape index (κ3) is 3.62. The number of nitrogens with zero attached hydrogens (tertiary/aromatic N) is 1. The van der Waals surface area contributed by atoms with Crippen LogP contribution in [0.4, 0.5) is 0 Å². The van der Waals surface area contributed by atoms with E-state index in [0.29, 0.717) is 19.8 Å². The van der Waals surface area contributed by atoms with Crippen LogP contribution in [0, 0.1) is 5.92 Å². The van der Waals surface area contributed by atoms with Gasteiger partial charge in [-0.3, -0.25) is 0 Å². The van der Waals surface area contributed by atoms with Crippen molar-refractivity contribution in [3.05, 3.63) is 35.9 Å². The molecule has 2 fully saturated rings. The summed E-state index contributed by atoms with van der Waals surface area (Å²) in [5.74, 6) is 0.821. The highest BCUT2D eigenvalue weighted by Gasteiger charge is 2.48. The van der Waals surface area contributed by atoms with E-state index >= 15 is 0 Å². The van der Waals surface area contributed by atoms with Gasteiger partial charge in [0.25, 0.3) is 0 Å². The Morgan fingerprint density at radius 1 is 1.22 bits per heavy atom. The summed E-state index contributed by atoms with van der Waals surface area (Å²) in [6.07, 6.45) is 3.61. The Balaban J connectivity index is 1.81. The highest BCUT2D eigenvalue weighted by atomic mass is 32.2. The van der Waals surface area contributed by atoms with E-state index in [9.17, 15) is 8.42 Å². The van der Waals surface area contributed by atoms with Gasteiger partial charge in [-0.05, 0) is 18.4 Å². The Morgan fingerprint density at radius 2 is 2.00 bits per heavy atom. The maximum Gasteiger partial charge on any atom is 0.214 e. The van der Waals surface area contributed by atoms with Crippen LogP contribution in [0.3, 0.4) is 0 Å². The largest absolute Gasteiger partial charge is 0.381 e. The number of hydrogen-bond acceptors (Lipinski definition) is 3. The van der Waals surface area contributed by atoms with E-state index < -0.39 is 10.0 Å². The van der Waals surface area contributed by atoms with Crippen LogP contribution in [-0.4, -0.2) is 44.3 Å². The second-order valence-electron chi connectivity index (χ2n) is 6.70. The molecule has 3 rings (SSSR count). The van der Waals surface area contributed by atoms with Crippen LogP contribution < -0.4 is 0 Å². The van der Waals surface area contributed by atoms with Gasteiger partial charge in [-0.1, -0.05) is 50.1 Å². The molecule has 3 atom stereocenters. The average Bonchev–Trinajstić information content (AvgIpc) is 2.96. The number of ether oxygens (including phenoxy) is 1. The Labute approximate surface area is 139 Å². The lowest BCUT2D eigenvalue weighted by Crippen LogP contribution is -2.42. The van der Waals surface area contributed by atoms with Gasteiger partial charge in [0, 0.05) is 31.0 Å². The first-order valence-corrected chi connectivity index (χ1v) is 10.4. The van der Waals surface area contributed by atoms with Gasteiger partial charge in [0.15, 0.2) is 0 Å². The van der Waals surface area contributed by atoms with Crippen LogP contribution in [0.2, 0.25) is 0 Å². The normalized spacial score (nSPS) is 28.7. The van der Waals surface area contributed by atoms with Crippen molar-refractivity contribution in [2.75, 3.05) is 25.5 Å². The topological polar surface area (TPSA) is 46.6 Å². The SMILES string of the molecule is CCCCCS(=O)(=O)N1CC(c2ccccc2)C2COCCC21. The number of rotatable bonds is 6. The molecular formula is C18H27NO3S. The highest BCUT2D eigenvalue weighted by molar-refractivity contribution is 7.89. The van der Waals surface area contributed by atoms with E-state index in [2.05, 4.69) is 19.1 Å². The maximum absolute atomic E-state index is 12.8. The molecule has 0 aromatic heterocycles. The molecule has 1 aromatic rings. The van der Waals surface area contributed by atoms with Crippen molar-refractivity contribution in [2.45, 2.75) is 44.6 Å². The molecule has 0 bridgehead atoms. The summed E-state index contributed by atoms with van der Waals surface area (Å²) in [4.78, 5) is 0. The Morgan fingerprint density at radius 3 is 2.74 bits per heavy atom. The predicted molar refractivity (Wildman–Crippen MR) is 91.9 cm³/mol. The van der Waals surface area contributed by atoms with Gasteiger partial charge in [0.1, 0.15) is 0 Å². The Hall–Kier alpha value is -0.910. The summed E-state index contributed by atoms with van der Waals surface area (Å²) in [6.45, 7) is 4.05. The minimum atomic E-state index is -3.17. The van der Waals surface area contributed by atoms with Crippen molar-refractivity contribution in [2.24, 2.45) is 5.92 Å². The first-order chi connectivity index (χ1) is 11.1. The molecule has 1 aromatic carbocycles. The fourth-order valence-electron chi connectivity index (χ4n) is 3.98. The molecule has 2 heterocycles. The standard InChI is InChI=1S/C18H27NO3S/c1-2-3-7-12-23(20,21)19-13-16(15-8-5-4-6-9-15)17-14-22-11-10-18(17)19/h4-6,8-9,16-18H,2-3,7,10-14H2,1H3. The summed E-state index contributed by atoms with van der Waals surface area (Å²) in [7, 11) is -3.17. The van der Waals surface area contributed by atoms with E-state index in [1.807, 2.05) is 18.2 Å². The van der Waals surface area contributed by atoms with Crippen LogP contribution >= 0.6 is 0 Å². The molecule has 0 radical (unpaired) electrons. The molecule has 0 aliphatic carbocycles. The van der Waals surface area contributed by atoms with Gasteiger partial charge in [-0.15, -0.1) is 0 Å². The van der Waals surface area contributed by atoms with Crippen molar-refractivity contribution < 1.29 is 13.2 Å². The molecule has 0 spiro atoms. The minimum Gasteiger partial charge on any atom is -0.381 e. The number of benzene rings is 1. The highest BCUT2D eigenvalue weighted by Crippen LogP contribution is 2.42. The zero-order chi connectivity index (χ0) is 16.3. The lowest BCUT2D eigenvalue weighted by atomic mass is 9.84. The average molecular weight is 337 g/mol. The van der Waals surface area contributed by atoms with Crippen molar-refractivity contribution >= 4 is 10.0 Å². The molecule has 2 saturated heterocycles. The van der Waals surface area contributed by atoms with Crippen LogP contribution in [-0.2, 0) is 14.8 Å². The second-order valence-corrected chi connectivity index (χ2v) is 8.75. The minimum absolute atomic E-state index is 0.112. The van der Waals surface area contributed by atoms with Gasteiger partial charge in [0.2, 0.25) is 10.0 Å². The quantitative estimate of drug-likeness (QED) is 0.750. The first-order valence-electron chi connectivity index (χ1n) is 8.75. The van der Waals surface area contributed by atoms with Crippen molar-refractivity contribution in [1.29, 1.82) is 0 Å². The molecule has 5 heteroatoms. The fourth-order valence-corrected chi connectivity index (χ4v) is 5.85. The van der Waals surface area contributed by atoms with Crippen molar-refractivity contribution in [3.63, 3.8) is 0 Å². The van der Waals surface area contributed by atoms with Gasteiger partial charge in [-0.2, -0.15) is 4.31 Å². The molecule has 4 nitrogen and oxygen atoms in total. The van der Waals surface area contributed by atoms with Gasteiger partial charge in [0.05, 0.1) is 12.4 Å². The van der Waals surface area contributed by atoms with E-state index in [-0.39, 0.29) is 23.6 Å². The van der Waals surface area contributed by atoms with Crippen molar-refractivity contribution in [3.8, 4) is 0 Å². The number of hydrogen-bond donors (Lipinski definition) is 0. The molecule has 0 amide bonds. The molecule has 128 valence electrons. The molecule has 2 aliphatic rings. The summed E-state index contributed by atoms with van der Waals surface area (Å²) < 4.78 is 33.1. The molecule has 2 aliphatic heterocycles. The van der Waals surface area contributed by atoms with Crippen LogP contribution in [0.5, 0.6) is 0 Å². The molecule has 0 N–H and O–H groups in total. The van der Waals surface area contributed by atoms with Crippen LogP contribution in [0.15, 0.2) is 30.3 Å². The smallest absolute Gasteiger partial charge is 0.214 e. The summed E-state index contributed by atoms with van der Waals surface area (Å²) >= 11 is 0. The van der Waals surface area contributed by atoms with E-state index in [1.54, 1.807) is 4.31 Å². The predicted octanol–water partition coefficient (Wildman–Crippen LogP) is 3.01. The fraction of sp³-hybridized carbons (Fsp3) is 0.667. The van der Waals surface area contributed by atoms with E-state index in [0.717, 1.165) is 25.7 Å². The second kappa shape index (κ2) is 7.32. The summed E-state index contributed by atoms with van der Waals surface area (Å²) in [5.41, 5.74) is 1.24. The lowest BCUT2D eigenvalue weighted by Gasteiger charge is -2.32. The van der Waals surface area contributed by atoms with Crippen molar-refractivity contribution in [1.82, 2.24) is 4.31 Å². The van der Waals surface area contributed by atoms with Gasteiger partial charge < -0.3 is 4.74 Å². The Kier molecular flexibility index (Phi) is 5.39. The van der Waals surface area contributed by atoms with Gasteiger partial charge in [-0.25, -0.2) is 8.42 Å². The van der Waals surface area contributed by atoms with Crippen LogP contribution in [0.1, 0.15) is 44.1 Å². The molecular weight excluding hydrogens is 310 g/mol. The Bertz CT molecular complexity index is 602. The van der Waals surface area contributed by atoms with E-state index in [4.69, 9.17) is 4.74 Å². The number of sulfonamides is 1. The lowest BCUT2D eigenvalue weighted by molar-refractivity contribution is 0.0323. The first kappa shape index (κ1) is 16.9. The number of unbranched alkanes of at least 4 members (excludes halogenated alkanes) is 2. The van der Waals surface area contributed by atoms with Gasteiger partial charge >= 0.3 is 0 Å². The third-order valence-corrected chi connectivity index (χ3v) is 7.16. The van der Waals surface area contributed by atoms with E-state index in [1.165, 1.54) is 5.56 Å². The molecule has 23 heavy (non-hydrogen) atoms. The van der Waals surface area contributed by atoms with Crippen LogP contribution in [0.25, 0.3) is 0 Å². The summed E-state index contributed by atoms with van der Waals surface area (Å²) in [5, 5.41) is 0. The number of fused-ring (bicyclic) bond motifs is 1. The maximum atomic E-state index is 12.8. The monoisotopic (exact) mass is 337 g/mol. The zero-order valence-electron chi connectivity index (χ0n) is 13.9. The molecule has 3 unspecified atom stereocenters. The summed E-state index contributed by atoms with van der Waals surface area (Å²) in [6, 6.07) is 10.4. The molecule has 0 saturated carbocycles. The zero-order valence-corrected chi connectivity index (χ0v) is 14.7.